The van der Waals surface area contributed by atoms with Crippen molar-refractivity contribution in [2.75, 3.05) is 31.6 Å². The molecule has 1 unspecified atom stereocenters. The molecule has 0 spiro atoms. The molecule has 4 aromatic rings. The number of aliphatic hydroxyl groups is 5. The number of para-hydroxylation sites is 1. The van der Waals surface area contributed by atoms with Gasteiger partial charge < -0.3 is 64.9 Å². The first-order chi connectivity index (χ1) is 32.8. The summed E-state index contributed by atoms with van der Waals surface area (Å²) in [6, 6.07) is 26.7. The number of esters is 1. The molecule has 19 heteroatoms. The minimum absolute atomic E-state index is 0.00410. The molecular formula is C50H59FN6O12. The largest absolute Gasteiger partial charge is 0.481 e. The van der Waals surface area contributed by atoms with Gasteiger partial charge >= 0.3 is 17.9 Å². The third-order valence-corrected chi connectivity index (χ3v) is 9.28. The van der Waals surface area contributed by atoms with E-state index in [9.17, 15) is 33.8 Å². The number of aliphatic carboxylic acids is 2. The molecule has 368 valence electrons. The topological polar surface area (TPSA) is 273 Å². The zero-order chi connectivity index (χ0) is 51.9. The van der Waals surface area contributed by atoms with Gasteiger partial charge in [0.15, 0.2) is 0 Å². The first-order valence-electron chi connectivity index (χ1n) is 21.6. The fourth-order valence-electron chi connectivity index (χ4n) is 6.43. The van der Waals surface area contributed by atoms with Crippen molar-refractivity contribution in [3.63, 3.8) is 0 Å². The molecule has 0 saturated heterocycles. The molecule has 18 nitrogen and oxygen atoms in total. The Morgan fingerprint density at radius 3 is 1.70 bits per heavy atom. The lowest BCUT2D eigenvalue weighted by molar-refractivity contribution is -0.146. The van der Waals surface area contributed by atoms with E-state index in [1.54, 1.807) is 25.1 Å². The smallest absolute Gasteiger partial charge is 0.308 e. The van der Waals surface area contributed by atoms with Crippen LogP contribution in [0.3, 0.4) is 0 Å². The van der Waals surface area contributed by atoms with Crippen LogP contribution >= 0.6 is 0 Å². The minimum Gasteiger partial charge on any atom is -0.481 e. The van der Waals surface area contributed by atoms with E-state index in [1.807, 2.05) is 79.1 Å². The van der Waals surface area contributed by atoms with Gasteiger partial charge in [-0.1, -0.05) is 62.4 Å². The highest BCUT2D eigenvalue weighted by molar-refractivity contribution is 6.12. The van der Waals surface area contributed by atoms with Crippen molar-refractivity contribution in [3.05, 3.63) is 136 Å². The molecular weight excluding hydrogens is 896 g/mol. The quantitative estimate of drug-likeness (QED) is 0.0330. The Morgan fingerprint density at radius 1 is 0.725 bits per heavy atom. The molecule has 4 rings (SSSR count). The Hall–Kier alpha value is -7.49. The average Bonchev–Trinajstić information content (AvgIpc) is 3.63. The summed E-state index contributed by atoms with van der Waals surface area (Å²) in [4.78, 5) is 54.1. The number of nitriles is 1. The second kappa shape index (κ2) is 33.1. The highest BCUT2D eigenvalue weighted by Crippen LogP contribution is 2.42. The van der Waals surface area contributed by atoms with Crippen molar-refractivity contribution in [1.29, 1.82) is 5.26 Å². The second-order valence-electron chi connectivity index (χ2n) is 15.4. The number of nitrogens with zero attached hydrogens (tertiary/aromatic N) is 5. The fraction of sp³-hybridized carbons (Fsp3) is 0.400. The number of carboxylic acid groups (broad SMARTS) is 2. The standard InChI is InChI=1S/C35H39FN2O5.C5H6N2O.2C5H7NO3/c1-4-43-30(41)22-29(40)21-28(39)19-20-38-33(23(2)3)32(35(42)37-27-13-9-6-10-14-27)31(24-11-7-5-8-12-24)34(38)25-15-17-26(36)18-16-25;1-7-4-5(8)2-3-6;2*1-6-3-4(7)2-5(8)9/h5-18,23,28-29,39-40H,4,19-22H2,1-3H3,(H,37,42);5,8H,2,4H2;2*4,7H,2-3H2,(H,8,9)/t28-,29-;;2*4-/m1.11/s1. The summed E-state index contributed by atoms with van der Waals surface area (Å²) in [5.74, 6) is -3.42. The number of ether oxygens (including phenoxy) is 1. The van der Waals surface area contributed by atoms with E-state index in [0.717, 1.165) is 22.5 Å². The number of hydrogen-bond donors (Lipinski definition) is 8. The average molecular weight is 955 g/mol. The molecule has 0 bridgehead atoms. The predicted octanol–water partition coefficient (Wildman–Crippen LogP) is 6.45. The van der Waals surface area contributed by atoms with Gasteiger partial charge in [0.1, 0.15) is 24.1 Å². The van der Waals surface area contributed by atoms with Crippen molar-refractivity contribution >= 4 is 29.5 Å². The monoisotopic (exact) mass is 954 g/mol. The van der Waals surface area contributed by atoms with E-state index >= 15 is 0 Å². The minimum atomic E-state index is -1.08. The second-order valence-corrected chi connectivity index (χ2v) is 15.4. The molecule has 0 aliphatic rings. The van der Waals surface area contributed by atoms with Crippen LogP contribution in [0.15, 0.2) is 84.9 Å². The molecule has 69 heavy (non-hydrogen) atoms. The zero-order valence-electron chi connectivity index (χ0n) is 38.6. The van der Waals surface area contributed by atoms with E-state index in [1.165, 1.54) is 12.1 Å². The van der Waals surface area contributed by atoms with Crippen LogP contribution in [-0.4, -0.2) is 121 Å². The number of hydrogen-bond acceptors (Lipinski definition) is 11. The summed E-state index contributed by atoms with van der Waals surface area (Å²) in [7, 11) is 0. The van der Waals surface area contributed by atoms with Crippen molar-refractivity contribution in [1.82, 2.24) is 4.57 Å². The van der Waals surface area contributed by atoms with Gasteiger partial charge in [-0.3, -0.25) is 19.2 Å². The van der Waals surface area contributed by atoms with Gasteiger partial charge in [0.05, 0.1) is 61.8 Å². The Labute approximate surface area is 400 Å². The molecule has 0 fully saturated rings. The molecule has 0 aliphatic heterocycles. The lowest BCUT2D eigenvalue weighted by Crippen LogP contribution is -2.23. The summed E-state index contributed by atoms with van der Waals surface area (Å²) in [5, 5.41) is 74.2. The first kappa shape index (κ1) is 59.5. The molecule has 0 radical (unpaired) electrons. The summed E-state index contributed by atoms with van der Waals surface area (Å²) < 4.78 is 21.0. The lowest BCUT2D eigenvalue weighted by atomic mass is 9.94. The van der Waals surface area contributed by atoms with Gasteiger partial charge in [0.2, 0.25) is 19.6 Å². The predicted molar refractivity (Wildman–Crippen MR) is 253 cm³/mol. The SMILES string of the molecule is CCOC(=O)C[C@H](O)C[C@H](O)CCn1c(-c2ccc(F)cc2)c(-c2ccccc2)c(C(=O)Nc2ccccc2)c1C(C)C.[C-]#[N+]CC(O)CC#N.[C-]#[N+]C[C@H](O)CC(=O)O.[C-]#[N+]C[C@H](O)CC(=O)O. The van der Waals surface area contributed by atoms with Crippen LogP contribution in [0.4, 0.5) is 10.1 Å². The molecule has 1 amide bonds. The number of rotatable bonds is 21. The Morgan fingerprint density at radius 2 is 1.23 bits per heavy atom. The van der Waals surface area contributed by atoms with Gasteiger partial charge in [0.25, 0.3) is 5.91 Å². The van der Waals surface area contributed by atoms with E-state index in [-0.39, 0.29) is 82.4 Å². The van der Waals surface area contributed by atoms with Crippen LogP contribution in [-0.2, 0) is 25.7 Å². The van der Waals surface area contributed by atoms with Gasteiger partial charge in [-0.15, -0.1) is 0 Å². The number of carbonyl (C=O) groups excluding carboxylic acids is 2. The third-order valence-electron chi connectivity index (χ3n) is 9.28. The number of amides is 1. The molecule has 5 atom stereocenters. The maximum Gasteiger partial charge on any atom is 0.308 e. The number of nitrogens with one attached hydrogen (secondary N) is 1. The molecule has 0 saturated carbocycles. The Kier molecular flexibility index (Phi) is 28.5. The van der Waals surface area contributed by atoms with Crippen LogP contribution in [0.5, 0.6) is 0 Å². The first-order valence-corrected chi connectivity index (χ1v) is 21.6. The van der Waals surface area contributed by atoms with E-state index in [2.05, 4.69) is 19.9 Å². The number of carbonyl (C=O) groups is 4. The number of halogens is 1. The van der Waals surface area contributed by atoms with E-state index in [4.69, 9.17) is 55.2 Å². The van der Waals surface area contributed by atoms with Crippen LogP contribution < -0.4 is 5.32 Å². The van der Waals surface area contributed by atoms with Crippen LogP contribution in [0.25, 0.3) is 36.9 Å². The van der Waals surface area contributed by atoms with Crippen LogP contribution in [0.1, 0.15) is 81.3 Å². The number of aliphatic hydroxyl groups excluding tert-OH is 5. The maximum absolute atomic E-state index is 14.1. The normalized spacial score (nSPS) is 12.3. The Bertz CT molecular complexity index is 2320. The number of aromatic nitrogens is 1. The highest BCUT2D eigenvalue weighted by atomic mass is 19.1. The molecule has 0 aliphatic carbocycles. The lowest BCUT2D eigenvalue weighted by Gasteiger charge is -2.20. The van der Waals surface area contributed by atoms with Gasteiger partial charge in [0, 0.05) is 23.5 Å². The summed E-state index contributed by atoms with van der Waals surface area (Å²) >= 11 is 0. The van der Waals surface area contributed by atoms with E-state index < -0.39 is 48.4 Å². The summed E-state index contributed by atoms with van der Waals surface area (Å²) in [6.45, 7) is 24.8. The van der Waals surface area contributed by atoms with Crippen molar-refractivity contribution in [2.45, 2.75) is 102 Å². The van der Waals surface area contributed by atoms with E-state index in [0.29, 0.717) is 23.4 Å². The van der Waals surface area contributed by atoms with Crippen molar-refractivity contribution in [2.24, 2.45) is 0 Å². The third kappa shape index (κ3) is 23.2. The number of carboxylic acids is 2. The molecule has 1 heterocycles. The van der Waals surface area contributed by atoms with Crippen molar-refractivity contribution in [3.8, 4) is 28.5 Å². The van der Waals surface area contributed by atoms with Crippen LogP contribution in [0.2, 0.25) is 0 Å². The maximum atomic E-state index is 14.1. The van der Waals surface area contributed by atoms with Gasteiger partial charge in [-0.05, 0) is 73.2 Å². The summed E-state index contributed by atoms with van der Waals surface area (Å²) in [5.41, 5.74) is 4.91. The molecule has 3 aromatic carbocycles. The highest BCUT2D eigenvalue weighted by Gasteiger charge is 2.31. The van der Waals surface area contributed by atoms with Crippen LogP contribution in [0, 0.1) is 36.9 Å². The number of anilines is 1. The molecule has 8 N–H and O–H groups in total. The van der Waals surface area contributed by atoms with Gasteiger partial charge in [-0.25, -0.2) is 24.1 Å². The summed E-state index contributed by atoms with van der Waals surface area (Å²) in [6.07, 6.45) is -5.34. The number of benzene rings is 3. The Balaban J connectivity index is 0.000000742. The fourth-order valence-corrected chi connectivity index (χ4v) is 6.43. The van der Waals surface area contributed by atoms with Gasteiger partial charge in [-0.2, -0.15) is 5.26 Å². The molecule has 1 aromatic heterocycles. The zero-order valence-corrected chi connectivity index (χ0v) is 38.6. The van der Waals surface area contributed by atoms with Crippen molar-refractivity contribution < 1.29 is 64.1 Å².